The van der Waals surface area contributed by atoms with Crippen LogP contribution in [0.25, 0.3) is 0 Å². The molecule has 0 bridgehead atoms. The van der Waals surface area contributed by atoms with Crippen molar-refractivity contribution in [2.24, 2.45) is 0 Å². The number of nitrogens with zero attached hydrogens (tertiary/aromatic N) is 1. The van der Waals surface area contributed by atoms with Gasteiger partial charge in [0.1, 0.15) is 5.82 Å². The number of nitrogens with two attached hydrogens (primary N) is 1. The predicted molar refractivity (Wildman–Crippen MR) is 88.2 cm³/mol. The topological polar surface area (TPSA) is 68.0 Å². The summed E-state index contributed by atoms with van der Waals surface area (Å²) in [5.41, 5.74) is 7.61. The van der Waals surface area contributed by atoms with Crippen molar-refractivity contribution in [1.29, 1.82) is 0 Å². The number of anilines is 3. The Balaban J connectivity index is 1.98. The zero-order valence-electron chi connectivity index (χ0n) is 12.2. The second kappa shape index (κ2) is 6.27. The Labute approximate surface area is 132 Å². The minimum Gasteiger partial charge on any atom is -0.396 e. The van der Waals surface area contributed by atoms with Gasteiger partial charge in [-0.1, -0.05) is 24.3 Å². The highest BCUT2D eigenvalue weighted by Crippen LogP contribution is 2.25. The molecule has 3 N–H and O–H groups in total. The van der Waals surface area contributed by atoms with Crippen molar-refractivity contribution >= 4 is 23.0 Å². The number of ketones is 1. The molecule has 0 atom stereocenters. The van der Waals surface area contributed by atoms with Gasteiger partial charge in [-0.05, 0) is 36.4 Å². The van der Waals surface area contributed by atoms with E-state index in [1.807, 2.05) is 0 Å². The van der Waals surface area contributed by atoms with E-state index in [9.17, 15) is 9.18 Å². The summed E-state index contributed by atoms with van der Waals surface area (Å²) in [7, 11) is 0. The van der Waals surface area contributed by atoms with Crippen molar-refractivity contribution in [2.75, 3.05) is 11.1 Å². The SMILES string of the molecule is Nc1cccnc1Nc1ccccc1C(=O)c1cccc(F)c1. The lowest BCUT2D eigenvalue weighted by Gasteiger charge is -2.12. The van der Waals surface area contributed by atoms with Crippen molar-refractivity contribution < 1.29 is 9.18 Å². The molecule has 0 unspecified atom stereocenters. The molecule has 0 amide bonds. The number of hydrogen-bond donors (Lipinski definition) is 2. The Morgan fingerprint density at radius 3 is 2.65 bits per heavy atom. The van der Waals surface area contributed by atoms with Crippen LogP contribution in [-0.2, 0) is 0 Å². The number of aromatic nitrogens is 1. The fourth-order valence-corrected chi connectivity index (χ4v) is 2.23. The molecule has 3 aromatic rings. The molecule has 2 aromatic carbocycles. The number of pyridine rings is 1. The Hall–Kier alpha value is -3.21. The monoisotopic (exact) mass is 307 g/mol. The summed E-state index contributed by atoms with van der Waals surface area (Å²) in [6.07, 6.45) is 1.61. The molecule has 114 valence electrons. The van der Waals surface area contributed by atoms with Gasteiger partial charge >= 0.3 is 0 Å². The predicted octanol–water partition coefficient (Wildman–Crippen LogP) is 3.78. The summed E-state index contributed by atoms with van der Waals surface area (Å²) in [4.78, 5) is 16.8. The second-order valence-corrected chi connectivity index (χ2v) is 4.95. The zero-order valence-corrected chi connectivity index (χ0v) is 12.2. The Morgan fingerprint density at radius 2 is 1.87 bits per heavy atom. The van der Waals surface area contributed by atoms with Crippen molar-refractivity contribution in [1.82, 2.24) is 4.98 Å². The highest BCUT2D eigenvalue weighted by molar-refractivity contribution is 6.12. The maximum Gasteiger partial charge on any atom is 0.195 e. The highest BCUT2D eigenvalue weighted by Gasteiger charge is 2.14. The van der Waals surface area contributed by atoms with E-state index >= 15 is 0 Å². The quantitative estimate of drug-likeness (QED) is 0.720. The zero-order chi connectivity index (χ0) is 16.2. The van der Waals surface area contributed by atoms with Gasteiger partial charge in [0, 0.05) is 17.3 Å². The molecular weight excluding hydrogens is 293 g/mol. The molecule has 0 saturated heterocycles. The number of halogens is 1. The minimum absolute atomic E-state index is 0.276. The smallest absolute Gasteiger partial charge is 0.195 e. The first-order valence-corrected chi connectivity index (χ1v) is 7.02. The summed E-state index contributed by atoms with van der Waals surface area (Å²) in [5, 5.41) is 3.06. The van der Waals surface area contributed by atoms with Crippen molar-refractivity contribution in [3.8, 4) is 0 Å². The fourth-order valence-electron chi connectivity index (χ4n) is 2.23. The van der Waals surface area contributed by atoms with Crippen LogP contribution in [0.2, 0.25) is 0 Å². The lowest BCUT2D eigenvalue weighted by molar-refractivity contribution is 0.103. The molecule has 5 heteroatoms. The summed E-state index contributed by atoms with van der Waals surface area (Å²) >= 11 is 0. The average Bonchev–Trinajstić information content (AvgIpc) is 2.57. The van der Waals surface area contributed by atoms with E-state index in [4.69, 9.17) is 5.73 Å². The molecule has 1 heterocycles. The molecule has 1 aromatic heterocycles. The van der Waals surface area contributed by atoms with E-state index in [0.717, 1.165) is 0 Å². The number of nitrogens with one attached hydrogen (secondary N) is 1. The van der Waals surface area contributed by atoms with E-state index in [1.54, 1.807) is 48.7 Å². The molecule has 0 saturated carbocycles. The van der Waals surface area contributed by atoms with Gasteiger partial charge in [0.15, 0.2) is 11.6 Å². The third-order valence-corrected chi connectivity index (χ3v) is 3.35. The van der Waals surface area contributed by atoms with Crippen LogP contribution in [0.3, 0.4) is 0 Å². The first-order valence-electron chi connectivity index (χ1n) is 7.02. The second-order valence-electron chi connectivity index (χ2n) is 4.95. The van der Waals surface area contributed by atoms with Crippen LogP contribution in [0.5, 0.6) is 0 Å². The molecule has 0 aliphatic rings. The lowest BCUT2D eigenvalue weighted by Crippen LogP contribution is -2.07. The largest absolute Gasteiger partial charge is 0.396 e. The van der Waals surface area contributed by atoms with Gasteiger partial charge < -0.3 is 11.1 Å². The van der Waals surface area contributed by atoms with Crippen LogP contribution in [0.4, 0.5) is 21.6 Å². The molecule has 3 rings (SSSR count). The Kier molecular flexibility index (Phi) is 4.01. The minimum atomic E-state index is -0.449. The van der Waals surface area contributed by atoms with Crippen LogP contribution in [0.15, 0.2) is 66.9 Å². The summed E-state index contributed by atoms with van der Waals surface area (Å²) < 4.78 is 13.3. The molecule has 0 fully saturated rings. The number of rotatable bonds is 4. The van der Waals surface area contributed by atoms with Gasteiger partial charge in [-0.15, -0.1) is 0 Å². The van der Waals surface area contributed by atoms with E-state index < -0.39 is 5.82 Å². The van der Waals surface area contributed by atoms with Crippen molar-refractivity contribution in [3.05, 3.63) is 83.8 Å². The van der Waals surface area contributed by atoms with Gasteiger partial charge in [-0.3, -0.25) is 4.79 Å². The maximum absolute atomic E-state index is 13.3. The summed E-state index contributed by atoms with van der Waals surface area (Å²) in [5.74, 6) is -0.260. The van der Waals surface area contributed by atoms with E-state index in [2.05, 4.69) is 10.3 Å². The van der Waals surface area contributed by atoms with Gasteiger partial charge in [0.25, 0.3) is 0 Å². The number of carbonyl (C=O) groups is 1. The molecule has 0 spiro atoms. The van der Waals surface area contributed by atoms with Gasteiger partial charge in [0.2, 0.25) is 0 Å². The van der Waals surface area contributed by atoms with Crippen LogP contribution in [0.1, 0.15) is 15.9 Å². The standard InChI is InChI=1S/C18H14FN3O/c19-13-6-3-5-12(11-13)17(23)14-7-1-2-9-16(14)22-18-15(20)8-4-10-21-18/h1-11H,20H2,(H,21,22). The van der Waals surface area contributed by atoms with Gasteiger partial charge in [0.05, 0.1) is 11.4 Å². The lowest BCUT2D eigenvalue weighted by atomic mass is 10.0. The van der Waals surface area contributed by atoms with E-state index in [0.29, 0.717) is 22.8 Å². The summed E-state index contributed by atoms with van der Waals surface area (Å²) in [6.45, 7) is 0. The van der Waals surface area contributed by atoms with Crippen LogP contribution < -0.4 is 11.1 Å². The molecule has 0 aliphatic heterocycles. The van der Waals surface area contributed by atoms with Crippen LogP contribution in [-0.4, -0.2) is 10.8 Å². The molecule has 4 nitrogen and oxygen atoms in total. The third kappa shape index (κ3) is 3.18. The van der Waals surface area contributed by atoms with Crippen LogP contribution >= 0.6 is 0 Å². The van der Waals surface area contributed by atoms with Gasteiger partial charge in [-0.25, -0.2) is 9.37 Å². The number of benzene rings is 2. The van der Waals surface area contributed by atoms with E-state index in [1.165, 1.54) is 18.2 Å². The van der Waals surface area contributed by atoms with Crippen molar-refractivity contribution in [2.45, 2.75) is 0 Å². The number of hydrogen-bond acceptors (Lipinski definition) is 4. The number of nitrogen functional groups attached to an aromatic ring is 1. The Bertz CT molecular complexity index is 864. The van der Waals surface area contributed by atoms with Crippen LogP contribution in [0, 0.1) is 5.82 Å². The average molecular weight is 307 g/mol. The Morgan fingerprint density at radius 1 is 1.04 bits per heavy atom. The van der Waals surface area contributed by atoms with Crippen molar-refractivity contribution in [3.63, 3.8) is 0 Å². The number of carbonyl (C=O) groups excluding carboxylic acids is 1. The normalized spacial score (nSPS) is 10.3. The first kappa shape index (κ1) is 14.7. The molecule has 0 radical (unpaired) electrons. The maximum atomic E-state index is 13.3. The highest BCUT2D eigenvalue weighted by atomic mass is 19.1. The fraction of sp³-hybridized carbons (Fsp3) is 0. The summed E-state index contributed by atoms with van der Waals surface area (Å²) in [6, 6.07) is 16.0. The molecular formula is C18H14FN3O. The van der Waals surface area contributed by atoms with Gasteiger partial charge in [-0.2, -0.15) is 0 Å². The first-order chi connectivity index (χ1) is 11.1. The van der Waals surface area contributed by atoms with E-state index in [-0.39, 0.29) is 11.3 Å². The third-order valence-electron chi connectivity index (χ3n) is 3.35. The molecule has 0 aliphatic carbocycles. The number of para-hydroxylation sites is 1. The molecule has 23 heavy (non-hydrogen) atoms.